The second-order valence-electron chi connectivity index (χ2n) is 7.97. The predicted octanol–water partition coefficient (Wildman–Crippen LogP) is 2.57. The third-order valence-corrected chi connectivity index (χ3v) is 4.88. The van der Waals surface area contributed by atoms with Crippen molar-refractivity contribution in [2.24, 2.45) is 0 Å². The van der Waals surface area contributed by atoms with Crippen LogP contribution in [0.3, 0.4) is 0 Å². The Morgan fingerprint density at radius 2 is 2.09 bits per heavy atom. The molecule has 3 rings (SSSR count). The van der Waals surface area contributed by atoms with Crippen LogP contribution in [0.4, 0.5) is 0 Å². The van der Waals surface area contributed by atoms with Gasteiger partial charge >= 0.3 is 0 Å². The monoisotopic (exact) mass is 319 g/mol. The van der Waals surface area contributed by atoms with Crippen molar-refractivity contribution in [1.82, 2.24) is 14.9 Å². The Kier molecular flexibility index (Phi) is 4.76. The van der Waals surface area contributed by atoms with Gasteiger partial charge in [-0.2, -0.15) is 0 Å². The van der Waals surface area contributed by atoms with Crippen LogP contribution in [0.25, 0.3) is 0 Å². The van der Waals surface area contributed by atoms with E-state index < -0.39 is 0 Å². The van der Waals surface area contributed by atoms with Crippen molar-refractivity contribution < 1.29 is 9.53 Å². The summed E-state index contributed by atoms with van der Waals surface area (Å²) < 4.78 is 7.89. The predicted molar refractivity (Wildman–Crippen MR) is 89.4 cm³/mol. The van der Waals surface area contributed by atoms with E-state index >= 15 is 0 Å². The van der Waals surface area contributed by atoms with Gasteiger partial charge in [-0.05, 0) is 19.3 Å². The fourth-order valence-electron chi connectivity index (χ4n) is 3.44. The molecule has 5 nitrogen and oxygen atoms in total. The molecule has 2 aliphatic rings. The Morgan fingerprint density at radius 3 is 2.78 bits per heavy atom. The maximum atomic E-state index is 12.1. The number of nitrogens with one attached hydrogen (secondary N) is 1. The molecule has 1 amide bonds. The molecule has 1 aliphatic carbocycles. The van der Waals surface area contributed by atoms with Gasteiger partial charge in [0.1, 0.15) is 12.4 Å². The average Bonchev–Trinajstić information content (AvgIpc) is 3.13. The lowest BCUT2D eigenvalue weighted by molar-refractivity contribution is -0.128. The molecule has 0 bridgehead atoms. The number of aryl methyl sites for hydroxylation is 1. The number of aromatic nitrogens is 2. The summed E-state index contributed by atoms with van der Waals surface area (Å²) in [5.41, 5.74) is 1.20. The summed E-state index contributed by atoms with van der Waals surface area (Å²) in [6.07, 6.45) is 8.97. The van der Waals surface area contributed by atoms with Gasteiger partial charge < -0.3 is 14.6 Å². The molecule has 1 saturated carbocycles. The van der Waals surface area contributed by atoms with Crippen LogP contribution in [-0.4, -0.2) is 34.2 Å². The van der Waals surface area contributed by atoms with Crippen LogP contribution in [0.1, 0.15) is 64.4 Å². The molecular weight excluding hydrogens is 290 g/mol. The van der Waals surface area contributed by atoms with E-state index in [0.29, 0.717) is 6.10 Å². The van der Waals surface area contributed by atoms with Crippen LogP contribution in [0, 0.1) is 0 Å². The van der Waals surface area contributed by atoms with Crippen molar-refractivity contribution in [3.8, 4) is 0 Å². The van der Waals surface area contributed by atoms with Crippen LogP contribution in [0.5, 0.6) is 0 Å². The van der Waals surface area contributed by atoms with Crippen LogP contribution < -0.4 is 5.32 Å². The normalized spacial score (nSPS) is 22.1. The molecule has 5 heteroatoms. The number of carbonyl (C=O) groups excluding carboxylic acids is 1. The summed E-state index contributed by atoms with van der Waals surface area (Å²) in [6, 6.07) is 0.184. The molecule has 0 spiro atoms. The van der Waals surface area contributed by atoms with Gasteiger partial charge in [-0.25, -0.2) is 4.98 Å². The molecular formula is C18H29N3O2. The average molecular weight is 319 g/mol. The van der Waals surface area contributed by atoms with E-state index in [1.807, 2.05) is 0 Å². The van der Waals surface area contributed by atoms with E-state index in [1.54, 1.807) is 0 Å². The molecule has 0 radical (unpaired) electrons. The highest BCUT2D eigenvalue weighted by Crippen LogP contribution is 2.24. The minimum absolute atomic E-state index is 0.0153. The first-order valence-electron chi connectivity index (χ1n) is 8.89. The van der Waals surface area contributed by atoms with Gasteiger partial charge in [-0.1, -0.05) is 33.6 Å². The first-order chi connectivity index (χ1) is 10.9. The molecule has 0 saturated heterocycles. The van der Waals surface area contributed by atoms with Gasteiger partial charge in [0.2, 0.25) is 5.91 Å². The van der Waals surface area contributed by atoms with E-state index in [2.05, 4.69) is 36.9 Å². The lowest BCUT2D eigenvalue weighted by Crippen LogP contribution is -2.42. The van der Waals surface area contributed by atoms with Crippen molar-refractivity contribution >= 4 is 5.91 Å². The Morgan fingerprint density at radius 1 is 1.35 bits per heavy atom. The number of amides is 1. The molecule has 0 aromatic carbocycles. The SMILES string of the molecule is CC(C)(C)c1cn2c(n1)CC[C@@H](NC(=O)COC1CCCC1)C2. The van der Waals surface area contributed by atoms with Crippen molar-refractivity contribution in [3.63, 3.8) is 0 Å². The number of ether oxygens (including phenoxy) is 1. The zero-order valence-corrected chi connectivity index (χ0v) is 14.6. The van der Waals surface area contributed by atoms with Gasteiger partial charge in [0.25, 0.3) is 0 Å². The zero-order valence-electron chi connectivity index (χ0n) is 14.6. The number of rotatable bonds is 4. The van der Waals surface area contributed by atoms with E-state index in [1.165, 1.54) is 12.8 Å². The Hall–Kier alpha value is -1.36. The van der Waals surface area contributed by atoms with Gasteiger partial charge in [-0.3, -0.25) is 4.79 Å². The van der Waals surface area contributed by atoms with E-state index in [9.17, 15) is 4.79 Å². The highest BCUT2D eigenvalue weighted by molar-refractivity contribution is 5.77. The van der Waals surface area contributed by atoms with Crippen LogP contribution in [0.15, 0.2) is 6.20 Å². The fourth-order valence-corrected chi connectivity index (χ4v) is 3.44. The summed E-state index contributed by atoms with van der Waals surface area (Å²) in [5.74, 6) is 1.16. The maximum Gasteiger partial charge on any atom is 0.246 e. The molecule has 1 atom stereocenters. The molecule has 1 N–H and O–H groups in total. The summed E-state index contributed by atoms with van der Waals surface area (Å²) in [5, 5.41) is 3.12. The lowest BCUT2D eigenvalue weighted by Gasteiger charge is -2.25. The van der Waals surface area contributed by atoms with Gasteiger partial charge in [0.15, 0.2) is 0 Å². The highest BCUT2D eigenvalue weighted by Gasteiger charge is 2.25. The third kappa shape index (κ3) is 4.14. The van der Waals surface area contributed by atoms with Crippen LogP contribution in [-0.2, 0) is 27.9 Å². The summed E-state index contributed by atoms with van der Waals surface area (Å²) in [6.45, 7) is 7.56. The van der Waals surface area contributed by atoms with Crippen LogP contribution >= 0.6 is 0 Å². The molecule has 0 unspecified atom stereocenters. The lowest BCUT2D eigenvalue weighted by atomic mass is 9.93. The molecule has 1 fully saturated rings. The van der Waals surface area contributed by atoms with Gasteiger partial charge in [0, 0.05) is 30.6 Å². The van der Waals surface area contributed by atoms with E-state index in [0.717, 1.165) is 43.7 Å². The number of fused-ring (bicyclic) bond motifs is 1. The smallest absolute Gasteiger partial charge is 0.246 e. The van der Waals surface area contributed by atoms with Crippen molar-refractivity contribution in [2.45, 2.75) is 83.4 Å². The molecule has 128 valence electrons. The Bertz CT molecular complexity index is 553. The maximum absolute atomic E-state index is 12.1. The van der Waals surface area contributed by atoms with E-state index in [-0.39, 0.29) is 24.0 Å². The highest BCUT2D eigenvalue weighted by atomic mass is 16.5. The molecule has 1 aromatic rings. The zero-order chi connectivity index (χ0) is 16.4. The Labute approximate surface area is 138 Å². The topological polar surface area (TPSA) is 56.2 Å². The number of imidazole rings is 1. The van der Waals surface area contributed by atoms with Crippen molar-refractivity contribution in [2.75, 3.05) is 6.61 Å². The number of hydrogen-bond acceptors (Lipinski definition) is 3. The molecule has 2 heterocycles. The summed E-state index contributed by atoms with van der Waals surface area (Å²) in [7, 11) is 0. The first kappa shape index (κ1) is 16.5. The standard InChI is InChI=1S/C18H29N3O2/c1-18(2,3)15-11-21-10-13(8-9-16(21)20-15)19-17(22)12-23-14-6-4-5-7-14/h11,13-14H,4-10,12H2,1-3H3,(H,19,22)/t13-/m1/s1. The number of carbonyl (C=O) groups is 1. The minimum Gasteiger partial charge on any atom is -0.368 e. The van der Waals surface area contributed by atoms with Gasteiger partial charge in [0.05, 0.1) is 11.8 Å². The quantitative estimate of drug-likeness (QED) is 0.928. The molecule has 1 aromatic heterocycles. The van der Waals surface area contributed by atoms with E-state index in [4.69, 9.17) is 9.72 Å². The van der Waals surface area contributed by atoms with Gasteiger partial charge in [-0.15, -0.1) is 0 Å². The summed E-state index contributed by atoms with van der Waals surface area (Å²) >= 11 is 0. The third-order valence-electron chi connectivity index (χ3n) is 4.88. The fraction of sp³-hybridized carbons (Fsp3) is 0.778. The van der Waals surface area contributed by atoms with Crippen molar-refractivity contribution in [1.29, 1.82) is 0 Å². The summed E-state index contributed by atoms with van der Waals surface area (Å²) in [4.78, 5) is 16.8. The number of nitrogens with zero attached hydrogens (tertiary/aromatic N) is 2. The Balaban J connectivity index is 1.50. The first-order valence-corrected chi connectivity index (χ1v) is 8.89. The second kappa shape index (κ2) is 6.63. The number of hydrogen-bond donors (Lipinski definition) is 1. The molecule has 23 heavy (non-hydrogen) atoms. The second-order valence-corrected chi connectivity index (χ2v) is 7.97. The minimum atomic E-state index is 0.0153. The molecule has 1 aliphatic heterocycles. The van der Waals surface area contributed by atoms with Crippen molar-refractivity contribution in [3.05, 3.63) is 17.7 Å². The van der Waals surface area contributed by atoms with Crippen LogP contribution in [0.2, 0.25) is 0 Å². The largest absolute Gasteiger partial charge is 0.368 e.